The average molecular weight is 244 g/mol. The highest BCUT2D eigenvalue weighted by Crippen LogP contribution is 1.93. The van der Waals surface area contributed by atoms with Crippen LogP contribution in [0.25, 0.3) is 0 Å². The highest BCUT2D eigenvalue weighted by atomic mass is 16.5. The number of nitrogens with one attached hydrogen (secondary N) is 2. The lowest BCUT2D eigenvalue weighted by molar-refractivity contribution is -0.120. The van der Waals surface area contributed by atoms with Crippen LogP contribution in [0.3, 0.4) is 0 Å². The fourth-order valence-corrected chi connectivity index (χ4v) is 1.31. The van der Waals surface area contributed by atoms with Crippen molar-refractivity contribution in [2.45, 2.75) is 46.6 Å². The number of ether oxygens (including phenoxy) is 1. The zero-order valence-corrected chi connectivity index (χ0v) is 11.7. The fourth-order valence-electron chi connectivity index (χ4n) is 1.31. The Hall–Kier alpha value is -0.610. The summed E-state index contributed by atoms with van der Waals surface area (Å²) >= 11 is 0. The Morgan fingerprint density at radius 1 is 1.18 bits per heavy atom. The molecule has 0 aliphatic rings. The molecule has 0 saturated heterocycles. The predicted molar refractivity (Wildman–Crippen MR) is 71.0 cm³/mol. The Bertz CT molecular complexity index is 194. The third-order valence-electron chi connectivity index (χ3n) is 2.18. The Balaban J connectivity index is 3.22. The molecule has 17 heavy (non-hydrogen) atoms. The molecule has 4 heteroatoms. The molecule has 0 bridgehead atoms. The zero-order chi connectivity index (χ0) is 13.1. The number of carbonyl (C=O) groups is 1. The van der Waals surface area contributed by atoms with Crippen LogP contribution in [0.15, 0.2) is 0 Å². The summed E-state index contributed by atoms with van der Waals surface area (Å²) in [5.41, 5.74) is 0. The molecule has 0 aliphatic carbocycles. The van der Waals surface area contributed by atoms with Gasteiger partial charge in [0, 0.05) is 13.2 Å². The van der Waals surface area contributed by atoms with Crippen LogP contribution >= 0.6 is 0 Å². The van der Waals surface area contributed by atoms with Crippen molar-refractivity contribution in [2.75, 3.05) is 26.2 Å². The van der Waals surface area contributed by atoms with E-state index in [1.807, 2.05) is 13.8 Å². The van der Waals surface area contributed by atoms with Gasteiger partial charge in [0.1, 0.15) is 0 Å². The molecule has 0 rings (SSSR count). The van der Waals surface area contributed by atoms with Crippen LogP contribution in [-0.4, -0.2) is 38.3 Å². The minimum Gasteiger partial charge on any atom is -0.379 e. The van der Waals surface area contributed by atoms with Gasteiger partial charge in [0.2, 0.25) is 5.91 Å². The lowest BCUT2D eigenvalue weighted by atomic mass is 10.2. The minimum atomic E-state index is 0.0791. The molecule has 4 nitrogen and oxygen atoms in total. The monoisotopic (exact) mass is 244 g/mol. The molecule has 0 spiro atoms. The van der Waals surface area contributed by atoms with Gasteiger partial charge in [-0.2, -0.15) is 0 Å². The molecule has 0 unspecified atom stereocenters. The number of carbonyl (C=O) groups excluding carboxylic acids is 1. The average Bonchev–Trinajstić information content (AvgIpc) is 2.22. The maximum Gasteiger partial charge on any atom is 0.233 e. The third-order valence-corrected chi connectivity index (χ3v) is 2.18. The summed E-state index contributed by atoms with van der Waals surface area (Å²) in [5.74, 6) is 0.659. The molecule has 0 fully saturated rings. The van der Waals surface area contributed by atoms with E-state index in [2.05, 4.69) is 24.5 Å². The van der Waals surface area contributed by atoms with E-state index >= 15 is 0 Å². The summed E-state index contributed by atoms with van der Waals surface area (Å²) in [5, 5.41) is 6.00. The van der Waals surface area contributed by atoms with Crippen LogP contribution < -0.4 is 10.6 Å². The quantitative estimate of drug-likeness (QED) is 0.573. The highest BCUT2D eigenvalue weighted by Gasteiger charge is 2.00. The fraction of sp³-hybridized carbons (Fsp3) is 0.923. The first kappa shape index (κ1) is 16.4. The number of unbranched alkanes of at least 4 members (excludes halogenated alkanes) is 1. The number of hydrogen-bond acceptors (Lipinski definition) is 3. The van der Waals surface area contributed by atoms with Gasteiger partial charge >= 0.3 is 0 Å². The topological polar surface area (TPSA) is 50.4 Å². The van der Waals surface area contributed by atoms with E-state index in [9.17, 15) is 4.79 Å². The van der Waals surface area contributed by atoms with Gasteiger partial charge in [-0.05, 0) is 39.2 Å². The van der Waals surface area contributed by atoms with Gasteiger partial charge in [-0.1, -0.05) is 13.8 Å². The van der Waals surface area contributed by atoms with Gasteiger partial charge in [0.25, 0.3) is 0 Å². The second-order valence-electron chi connectivity index (χ2n) is 5.00. The summed E-state index contributed by atoms with van der Waals surface area (Å²) in [6.45, 7) is 11.1. The minimum absolute atomic E-state index is 0.0791. The molecule has 0 aromatic heterocycles. The Kier molecular flexibility index (Phi) is 10.2. The van der Waals surface area contributed by atoms with Gasteiger partial charge in [0.05, 0.1) is 12.6 Å². The summed E-state index contributed by atoms with van der Waals surface area (Å²) in [6.07, 6.45) is 2.27. The second-order valence-corrected chi connectivity index (χ2v) is 5.00. The molecule has 0 aromatic rings. The molecule has 2 N–H and O–H groups in total. The number of hydrogen-bond donors (Lipinski definition) is 2. The summed E-state index contributed by atoms with van der Waals surface area (Å²) in [4.78, 5) is 11.4. The van der Waals surface area contributed by atoms with Gasteiger partial charge < -0.3 is 15.4 Å². The SMILES string of the molecule is CC(C)CNCC(=O)NCCCCOC(C)C. The Morgan fingerprint density at radius 3 is 2.47 bits per heavy atom. The van der Waals surface area contributed by atoms with E-state index in [1.165, 1.54) is 0 Å². The summed E-state index contributed by atoms with van der Waals surface area (Å²) in [7, 11) is 0. The first-order valence-electron chi connectivity index (χ1n) is 6.61. The first-order valence-corrected chi connectivity index (χ1v) is 6.61. The molecule has 0 atom stereocenters. The van der Waals surface area contributed by atoms with Gasteiger partial charge in [-0.25, -0.2) is 0 Å². The van der Waals surface area contributed by atoms with E-state index in [-0.39, 0.29) is 5.91 Å². The van der Waals surface area contributed by atoms with E-state index in [0.717, 1.165) is 32.5 Å². The van der Waals surface area contributed by atoms with E-state index < -0.39 is 0 Å². The molecule has 0 heterocycles. The van der Waals surface area contributed by atoms with Gasteiger partial charge in [-0.15, -0.1) is 0 Å². The summed E-state index contributed by atoms with van der Waals surface area (Å²) in [6, 6.07) is 0. The highest BCUT2D eigenvalue weighted by molar-refractivity contribution is 5.77. The van der Waals surface area contributed by atoms with Crippen molar-refractivity contribution in [3.8, 4) is 0 Å². The van der Waals surface area contributed by atoms with E-state index in [1.54, 1.807) is 0 Å². The van der Waals surface area contributed by atoms with Crippen molar-refractivity contribution in [3.05, 3.63) is 0 Å². The van der Waals surface area contributed by atoms with Crippen molar-refractivity contribution in [1.82, 2.24) is 10.6 Å². The van der Waals surface area contributed by atoms with Crippen LogP contribution in [0.5, 0.6) is 0 Å². The number of amides is 1. The molecular formula is C13H28N2O2. The molecule has 0 aromatic carbocycles. The molecule has 0 saturated carbocycles. The van der Waals surface area contributed by atoms with Crippen LogP contribution in [0, 0.1) is 5.92 Å². The Labute approximate surface area is 105 Å². The summed E-state index contributed by atoms with van der Waals surface area (Å²) < 4.78 is 5.42. The standard InChI is InChI=1S/C13H28N2O2/c1-11(2)9-14-10-13(16)15-7-5-6-8-17-12(3)4/h11-12,14H,5-10H2,1-4H3,(H,15,16). The third kappa shape index (κ3) is 13.3. The van der Waals surface area contributed by atoms with E-state index in [4.69, 9.17) is 4.74 Å². The molecule has 1 amide bonds. The number of rotatable bonds is 10. The van der Waals surface area contributed by atoms with Crippen molar-refractivity contribution >= 4 is 5.91 Å². The molecule has 0 radical (unpaired) electrons. The normalized spacial score (nSPS) is 11.2. The van der Waals surface area contributed by atoms with Crippen molar-refractivity contribution in [3.63, 3.8) is 0 Å². The largest absolute Gasteiger partial charge is 0.379 e. The van der Waals surface area contributed by atoms with Crippen molar-refractivity contribution in [2.24, 2.45) is 5.92 Å². The van der Waals surface area contributed by atoms with Crippen LogP contribution in [0.2, 0.25) is 0 Å². The van der Waals surface area contributed by atoms with Crippen LogP contribution in [0.4, 0.5) is 0 Å². The molecule has 102 valence electrons. The lowest BCUT2D eigenvalue weighted by Crippen LogP contribution is -2.35. The Morgan fingerprint density at radius 2 is 1.88 bits per heavy atom. The first-order chi connectivity index (χ1) is 8.02. The van der Waals surface area contributed by atoms with Gasteiger partial charge in [-0.3, -0.25) is 4.79 Å². The lowest BCUT2D eigenvalue weighted by Gasteiger charge is -2.09. The molecular weight excluding hydrogens is 216 g/mol. The van der Waals surface area contributed by atoms with Gasteiger partial charge in [0.15, 0.2) is 0 Å². The smallest absolute Gasteiger partial charge is 0.233 e. The molecule has 0 aliphatic heterocycles. The van der Waals surface area contributed by atoms with Crippen molar-refractivity contribution in [1.29, 1.82) is 0 Å². The zero-order valence-electron chi connectivity index (χ0n) is 11.7. The van der Waals surface area contributed by atoms with Crippen molar-refractivity contribution < 1.29 is 9.53 Å². The maximum absolute atomic E-state index is 11.4. The van der Waals surface area contributed by atoms with Crippen LogP contribution in [0.1, 0.15) is 40.5 Å². The van der Waals surface area contributed by atoms with Crippen LogP contribution in [-0.2, 0) is 9.53 Å². The predicted octanol–water partition coefficient (Wildman–Crippen LogP) is 1.55. The van der Waals surface area contributed by atoms with E-state index in [0.29, 0.717) is 18.6 Å². The maximum atomic E-state index is 11.4. The second kappa shape index (κ2) is 10.5.